The fraction of sp³-hybridized carbons (Fsp3) is 0.588. The zero-order chi connectivity index (χ0) is 15.2. The number of benzene rings is 1. The van der Waals surface area contributed by atoms with E-state index in [0.29, 0.717) is 12.3 Å². The van der Waals surface area contributed by atoms with E-state index in [2.05, 4.69) is 4.90 Å². The molecule has 0 saturated heterocycles. The first-order chi connectivity index (χ1) is 10.1. The fourth-order valence-corrected chi connectivity index (χ4v) is 2.99. The molecule has 1 aromatic carbocycles. The van der Waals surface area contributed by atoms with Gasteiger partial charge < -0.3 is 9.64 Å². The Kier molecular flexibility index (Phi) is 5.74. The average Bonchev–Trinajstić information content (AvgIpc) is 2.64. The zero-order valence-corrected chi connectivity index (χ0v) is 12.9. The number of rotatable bonds is 5. The molecule has 0 radical (unpaired) electrons. The second-order valence-electron chi connectivity index (χ2n) is 5.93. The van der Waals surface area contributed by atoms with E-state index in [4.69, 9.17) is 4.74 Å². The molecule has 0 N–H and O–H groups in total. The van der Waals surface area contributed by atoms with E-state index < -0.39 is 0 Å². The lowest BCUT2D eigenvalue weighted by Gasteiger charge is -2.22. The lowest BCUT2D eigenvalue weighted by atomic mass is 9.98. The summed E-state index contributed by atoms with van der Waals surface area (Å²) in [6.07, 6.45) is 5.04. The maximum absolute atomic E-state index is 13.7. The predicted octanol–water partition coefficient (Wildman–Crippen LogP) is 3.42. The molecule has 0 spiro atoms. The summed E-state index contributed by atoms with van der Waals surface area (Å²) in [4.78, 5) is 14.1. The summed E-state index contributed by atoms with van der Waals surface area (Å²) in [5.41, 5.74) is 0.900. The highest BCUT2D eigenvalue weighted by molar-refractivity contribution is 5.81. The van der Waals surface area contributed by atoms with Gasteiger partial charge in [-0.05, 0) is 37.6 Å². The molecular formula is C17H24FNO2. The average molecular weight is 293 g/mol. The number of halogens is 1. The van der Waals surface area contributed by atoms with E-state index in [0.717, 1.165) is 44.2 Å². The largest absolute Gasteiger partial charge is 0.494 e. The van der Waals surface area contributed by atoms with Crippen molar-refractivity contribution in [1.82, 2.24) is 4.90 Å². The van der Waals surface area contributed by atoms with Crippen molar-refractivity contribution >= 4 is 5.78 Å². The third-order valence-corrected chi connectivity index (χ3v) is 4.13. The lowest BCUT2D eigenvalue weighted by Crippen LogP contribution is -2.29. The molecule has 1 saturated carbocycles. The van der Waals surface area contributed by atoms with Crippen molar-refractivity contribution < 1.29 is 13.9 Å². The first-order valence-corrected chi connectivity index (χ1v) is 7.64. The first-order valence-electron chi connectivity index (χ1n) is 7.64. The van der Waals surface area contributed by atoms with Crippen LogP contribution in [-0.4, -0.2) is 31.4 Å². The van der Waals surface area contributed by atoms with E-state index in [1.165, 1.54) is 13.2 Å². The number of nitrogens with zero attached hydrogens (tertiary/aromatic N) is 1. The molecule has 0 heterocycles. The Morgan fingerprint density at radius 1 is 1.33 bits per heavy atom. The van der Waals surface area contributed by atoms with Gasteiger partial charge in [0.2, 0.25) is 0 Å². The maximum atomic E-state index is 13.7. The number of hydrogen-bond donors (Lipinski definition) is 0. The number of carbonyl (C=O) groups is 1. The van der Waals surface area contributed by atoms with Crippen LogP contribution >= 0.6 is 0 Å². The molecule has 1 fully saturated rings. The lowest BCUT2D eigenvalue weighted by molar-refractivity contribution is -0.123. The van der Waals surface area contributed by atoms with Crippen LogP contribution in [0, 0.1) is 11.7 Å². The van der Waals surface area contributed by atoms with Crippen LogP contribution in [0.3, 0.4) is 0 Å². The van der Waals surface area contributed by atoms with Crippen LogP contribution < -0.4 is 4.74 Å². The monoisotopic (exact) mass is 293 g/mol. The Bertz CT molecular complexity index is 490. The number of methoxy groups -OCH3 is 1. The molecule has 4 heteroatoms. The van der Waals surface area contributed by atoms with Crippen molar-refractivity contribution in [3.05, 3.63) is 29.6 Å². The number of hydrogen-bond acceptors (Lipinski definition) is 3. The van der Waals surface area contributed by atoms with Crippen molar-refractivity contribution in [2.75, 3.05) is 20.7 Å². The van der Waals surface area contributed by atoms with Crippen LogP contribution in [0.5, 0.6) is 5.75 Å². The number of Topliss-reactive ketones (excluding diaryl/α,β-unsaturated/α-hetero) is 1. The van der Waals surface area contributed by atoms with E-state index in [9.17, 15) is 9.18 Å². The smallest absolute Gasteiger partial charge is 0.165 e. The summed E-state index contributed by atoms with van der Waals surface area (Å²) in [6, 6.07) is 5.02. The number of ketones is 1. The van der Waals surface area contributed by atoms with Crippen molar-refractivity contribution in [2.45, 2.75) is 38.6 Å². The van der Waals surface area contributed by atoms with Crippen molar-refractivity contribution in [3.8, 4) is 5.75 Å². The van der Waals surface area contributed by atoms with E-state index in [-0.39, 0.29) is 17.5 Å². The van der Waals surface area contributed by atoms with Gasteiger partial charge in [0.25, 0.3) is 0 Å². The van der Waals surface area contributed by atoms with Gasteiger partial charge in [-0.2, -0.15) is 0 Å². The minimum Gasteiger partial charge on any atom is -0.494 e. The van der Waals surface area contributed by atoms with Gasteiger partial charge in [-0.1, -0.05) is 18.9 Å². The molecule has 1 atom stereocenters. The second-order valence-corrected chi connectivity index (χ2v) is 5.93. The molecule has 21 heavy (non-hydrogen) atoms. The number of carbonyl (C=O) groups excluding carboxylic acids is 1. The Hall–Kier alpha value is -1.42. The third-order valence-electron chi connectivity index (χ3n) is 4.13. The molecule has 3 nitrogen and oxygen atoms in total. The minimum atomic E-state index is -0.339. The summed E-state index contributed by atoms with van der Waals surface area (Å²) in [6.45, 7) is 1.40. The van der Waals surface area contributed by atoms with E-state index in [1.807, 2.05) is 13.1 Å². The Morgan fingerprint density at radius 3 is 2.86 bits per heavy atom. The summed E-state index contributed by atoms with van der Waals surface area (Å²) in [5, 5.41) is 0. The van der Waals surface area contributed by atoms with Crippen LogP contribution in [0.15, 0.2) is 18.2 Å². The normalized spacial score (nSPS) is 19.6. The molecule has 0 bridgehead atoms. The van der Waals surface area contributed by atoms with Crippen LogP contribution in [0.25, 0.3) is 0 Å². The van der Waals surface area contributed by atoms with Gasteiger partial charge in [0.05, 0.1) is 7.11 Å². The maximum Gasteiger partial charge on any atom is 0.165 e. The molecule has 0 amide bonds. The summed E-state index contributed by atoms with van der Waals surface area (Å²) in [7, 11) is 3.45. The molecule has 116 valence electrons. The molecule has 1 aliphatic carbocycles. The third kappa shape index (κ3) is 4.53. The molecule has 1 aromatic rings. The summed E-state index contributed by atoms with van der Waals surface area (Å²) >= 11 is 0. The van der Waals surface area contributed by atoms with Gasteiger partial charge in [0, 0.05) is 25.4 Å². The molecule has 1 unspecified atom stereocenters. The van der Waals surface area contributed by atoms with Gasteiger partial charge in [-0.25, -0.2) is 4.39 Å². The molecule has 1 aliphatic rings. The standard InChI is InChI=1S/C17H24FNO2/c1-19(12-14-6-4-3-5-7-16(14)20)11-13-8-9-17(21-2)15(18)10-13/h8-10,14H,3-7,11-12H2,1-2H3. The van der Waals surface area contributed by atoms with Crippen molar-refractivity contribution in [3.63, 3.8) is 0 Å². The van der Waals surface area contributed by atoms with Gasteiger partial charge in [0.1, 0.15) is 5.78 Å². The second kappa shape index (κ2) is 7.55. The zero-order valence-electron chi connectivity index (χ0n) is 12.9. The van der Waals surface area contributed by atoms with Gasteiger partial charge >= 0.3 is 0 Å². The number of ether oxygens (including phenoxy) is 1. The SMILES string of the molecule is COc1ccc(CN(C)CC2CCCCCC2=O)cc1F. The highest BCUT2D eigenvalue weighted by Crippen LogP contribution is 2.22. The van der Waals surface area contributed by atoms with E-state index in [1.54, 1.807) is 6.07 Å². The molecular weight excluding hydrogens is 269 g/mol. The van der Waals surface area contributed by atoms with Crippen LogP contribution in [0.1, 0.15) is 37.7 Å². The highest BCUT2D eigenvalue weighted by atomic mass is 19.1. The van der Waals surface area contributed by atoms with Crippen LogP contribution in [0.2, 0.25) is 0 Å². The van der Waals surface area contributed by atoms with E-state index >= 15 is 0 Å². The van der Waals surface area contributed by atoms with Gasteiger partial charge in [0.15, 0.2) is 11.6 Å². The quantitative estimate of drug-likeness (QED) is 0.779. The minimum absolute atomic E-state index is 0.139. The highest BCUT2D eigenvalue weighted by Gasteiger charge is 2.22. The van der Waals surface area contributed by atoms with Gasteiger partial charge in [-0.15, -0.1) is 0 Å². The Labute approximate surface area is 126 Å². The molecule has 0 aromatic heterocycles. The Balaban J connectivity index is 1.93. The van der Waals surface area contributed by atoms with Crippen LogP contribution in [-0.2, 0) is 11.3 Å². The summed E-state index contributed by atoms with van der Waals surface area (Å²) in [5.74, 6) is 0.454. The first kappa shape index (κ1) is 16.0. The molecule has 0 aliphatic heterocycles. The van der Waals surface area contributed by atoms with Crippen molar-refractivity contribution in [2.24, 2.45) is 5.92 Å². The Morgan fingerprint density at radius 2 is 2.14 bits per heavy atom. The molecule has 2 rings (SSSR count). The fourth-order valence-electron chi connectivity index (χ4n) is 2.99. The predicted molar refractivity (Wildman–Crippen MR) is 80.9 cm³/mol. The topological polar surface area (TPSA) is 29.5 Å². The van der Waals surface area contributed by atoms with Gasteiger partial charge in [-0.3, -0.25) is 4.79 Å². The van der Waals surface area contributed by atoms with Crippen LogP contribution in [0.4, 0.5) is 4.39 Å². The summed E-state index contributed by atoms with van der Waals surface area (Å²) < 4.78 is 18.6. The van der Waals surface area contributed by atoms with Crippen molar-refractivity contribution in [1.29, 1.82) is 0 Å².